The number of amides is 1. The Morgan fingerprint density at radius 1 is 1.10 bits per heavy atom. The van der Waals surface area contributed by atoms with Crippen molar-refractivity contribution in [3.63, 3.8) is 0 Å². The molecule has 29 heavy (non-hydrogen) atoms. The number of nitrogens with zero attached hydrogens (tertiary/aromatic N) is 4. The molecule has 0 saturated carbocycles. The highest BCUT2D eigenvalue weighted by Crippen LogP contribution is 2.21. The first-order valence-electron chi connectivity index (χ1n) is 9.85. The maximum Gasteiger partial charge on any atom is 0.318 e. The number of aromatic amines is 1. The van der Waals surface area contributed by atoms with E-state index in [0.29, 0.717) is 38.1 Å². The van der Waals surface area contributed by atoms with Crippen LogP contribution < -0.4 is 10.5 Å². The normalized spacial score (nSPS) is 14.8. The molecule has 152 valence electrons. The third kappa shape index (κ3) is 3.62. The Morgan fingerprint density at radius 3 is 2.48 bits per heavy atom. The number of benzene rings is 1. The second-order valence-corrected chi connectivity index (χ2v) is 7.92. The highest BCUT2D eigenvalue weighted by Gasteiger charge is 2.27. The number of H-pyrrole nitrogens is 1. The molecule has 2 aromatic heterocycles. The van der Waals surface area contributed by atoms with Crippen LogP contribution in [0.5, 0.6) is 0 Å². The first kappa shape index (κ1) is 19.2. The molecule has 1 fully saturated rings. The van der Waals surface area contributed by atoms with Crippen molar-refractivity contribution in [3.05, 3.63) is 51.1 Å². The number of pyridine rings is 1. The smallest absolute Gasteiger partial charge is 0.318 e. The number of carbonyl (C=O) groups is 1. The van der Waals surface area contributed by atoms with E-state index in [4.69, 9.17) is 4.42 Å². The molecule has 8 heteroatoms. The first-order chi connectivity index (χ1) is 13.8. The van der Waals surface area contributed by atoms with Crippen molar-refractivity contribution in [2.24, 2.45) is 0 Å². The van der Waals surface area contributed by atoms with Crippen molar-refractivity contribution < 1.29 is 9.21 Å². The number of piperazine rings is 1. The Morgan fingerprint density at radius 2 is 1.83 bits per heavy atom. The molecule has 8 nitrogen and oxygen atoms in total. The van der Waals surface area contributed by atoms with Gasteiger partial charge in [-0.05, 0) is 36.9 Å². The zero-order valence-electron chi connectivity index (χ0n) is 17.2. The van der Waals surface area contributed by atoms with Crippen molar-refractivity contribution in [1.29, 1.82) is 0 Å². The van der Waals surface area contributed by atoms with E-state index < -0.39 is 0 Å². The van der Waals surface area contributed by atoms with Gasteiger partial charge in [0.25, 0.3) is 11.5 Å². The predicted molar refractivity (Wildman–Crippen MR) is 111 cm³/mol. The van der Waals surface area contributed by atoms with E-state index >= 15 is 0 Å². The standard InChI is InChI=1S/C21H25N5O3/c1-12(2)19-23-24-21(29-19)26-7-5-25(6-8-26)20(28)16-11-15-10-13(3)9-14(4)17(15)22-18(16)27/h9-12H,5-8H2,1-4H3,(H,22,27). The van der Waals surface area contributed by atoms with E-state index in [1.165, 1.54) is 0 Å². The summed E-state index contributed by atoms with van der Waals surface area (Å²) in [7, 11) is 0. The van der Waals surface area contributed by atoms with Gasteiger partial charge < -0.3 is 19.2 Å². The topological polar surface area (TPSA) is 95.3 Å². The maximum absolute atomic E-state index is 13.0. The van der Waals surface area contributed by atoms with Crippen molar-refractivity contribution in [2.75, 3.05) is 31.1 Å². The average molecular weight is 395 g/mol. The highest BCUT2D eigenvalue weighted by atomic mass is 16.4. The van der Waals surface area contributed by atoms with Gasteiger partial charge in [-0.15, -0.1) is 5.10 Å². The summed E-state index contributed by atoms with van der Waals surface area (Å²) in [6.07, 6.45) is 0. The van der Waals surface area contributed by atoms with Gasteiger partial charge in [0.15, 0.2) is 0 Å². The van der Waals surface area contributed by atoms with E-state index in [9.17, 15) is 9.59 Å². The molecule has 1 saturated heterocycles. The second kappa shape index (κ2) is 7.35. The Kier molecular flexibility index (Phi) is 4.86. The quantitative estimate of drug-likeness (QED) is 0.732. The molecular formula is C21H25N5O3. The van der Waals surface area contributed by atoms with Crippen LogP contribution in [0.15, 0.2) is 27.4 Å². The fourth-order valence-corrected chi connectivity index (χ4v) is 3.70. The minimum atomic E-state index is -0.352. The minimum Gasteiger partial charge on any atom is -0.408 e. The van der Waals surface area contributed by atoms with Crippen molar-refractivity contribution in [1.82, 2.24) is 20.1 Å². The average Bonchev–Trinajstić information content (AvgIpc) is 3.18. The van der Waals surface area contributed by atoms with Gasteiger partial charge in [0.2, 0.25) is 5.89 Å². The summed E-state index contributed by atoms with van der Waals surface area (Å²) >= 11 is 0. The molecule has 1 aliphatic heterocycles. The molecular weight excluding hydrogens is 370 g/mol. The van der Waals surface area contributed by atoms with Gasteiger partial charge in [-0.1, -0.05) is 30.6 Å². The number of nitrogens with one attached hydrogen (secondary N) is 1. The lowest BCUT2D eigenvalue weighted by Gasteiger charge is -2.33. The summed E-state index contributed by atoms with van der Waals surface area (Å²) in [5, 5.41) is 9.04. The zero-order chi connectivity index (χ0) is 20.7. The molecule has 3 heterocycles. The number of carbonyl (C=O) groups excluding carboxylic acids is 1. The number of hydrogen-bond donors (Lipinski definition) is 1. The Labute approximate surface area is 168 Å². The third-order valence-corrected chi connectivity index (χ3v) is 5.29. The summed E-state index contributed by atoms with van der Waals surface area (Å²) in [4.78, 5) is 32.1. The number of aryl methyl sites for hydroxylation is 2. The molecule has 1 aromatic carbocycles. The number of fused-ring (bicyclic) bond motifs is 1. The highest BCUT2D eigenvalue weighted by molar-refractivity contribution is 5.97. The van der Waals surface area contributed by atoms with Gasteiger partial charge >= 0.3 is 6.01 Å². The number of hydrogen-bond acceptors (Lipinski definition) is 6. The molecule has 0 atom stereocenters. The first-order valence-corrected chi connectivity index (χ1v) is 9.85. The fourth-order valence-electron chi connectivity index (χ4n) is 3.70. The van der Waals surface area contributed by atoms with Crippen LogP contribution in [0.3, 0.4) is 0 Å². The summed E-state index contributed by atoms with van der Waals surface area (Å²) < 4.78 is 5.70. The fraction of sp³-hybridized carbons (Fsp3) is 0.429. The van der Waals surface area contributed by atoms with Gasteiger partial charge in [0.05, 0.1) is 5.52 Å². The van der Waals surface area contributed by atoms with E-state index in [-0.39, 0.29) is 22.9 Å². The van der Waals surface area contributed by atoms with Crippen LogP contribution in [0.2, 0.25) is 0 Å². The third-order valence-electron chi connectivity index (χ3n) is 5.29. The summed E-state index contributed by atoms with van der Waals surface area (Å²) in [6, 6.07) is 6.18. The molecule has 1 N–H and O–H groups in total. The van der Waals surface area contributed by atoms with Crippen LogP contribution in [0.25, 0.3) is 10.9 Å². The van der Waals surface area contributed by atoms with Gasteiger partial charge in [0.1, 0.15) is 5.56 Å². The van der Waals surface area contributed by atoms with Gasteiger partial charge in [0, 0.05) is 32.1 Å². The number of rotatable bonds is 3. The van der Waals surface area contributed by atoms with Crippen LogP contribution in [-0.4, -0.2) is 52.2 Å². The number of anilines is 1. The summed E-state index contributed by atoms with van der Waals surface area (Å²) in [5.41, 5.74) is 2.69. The van der Waals surface area contributed by atoms with Crippen LogP contribution in [-0.2, 0) is 0 Å². The largest absolute Gasteiger partial charge is 0.408 e. The van der Waals surface area contributed by atoms with Crippen LogP contribution in [0.1, 0.15) is 47.1 Å². The molecule has 0 spiro atoms. The Balaban J connectivity index is 1.52. The maximum atomic E-state index is 13.0. The van der Waals surface area contributed by atoms with E-state index in [2.05, 4.69) is 15.2 Å². The SMILES string of the molecule is Cc1cc(C)c2[nH]c(=O)c(C(=O)N3CCN(c4nnc(C(C)C)o4)CC3)cc2c1. The predicted octanol–water partition coefficient (Wildman–Crippen LogP) is 2.61. The number of aromatic nitrogens is 3. The van der Waals surface area contributed by atoms with Gasteiger partial charge in [-0.2, -0.15) is 0 Å². The molecule has 1 amide bonds. The Hall–Kier alpha value is -3.16. The molecule has 4 rings (SSSR count). The summed E-state index contributed by atoms with van der Waals surface area (Å²) in [6.45, 7) is 10.1. The van der Waals surface area contributed by atoms with Crippen molar-refractivity contribution in [2.45, 2.75) is 33.6 Å². The molecule has 0 bridgehead atoms. The molecule has 1 aliphatic rings. The van der Waals surface area contributed by atoms with Crippen LogP contribution in [0, 0.1) is 13.8 Å². The lowest BCUT2D eigenvalue weighted by molar-refractivity contribution is 0.0743. The monoisotopic (exact) mass is 395 g/mol. The lowest BCUT2D eigenvalue weighted by atomic mass is 10.0. The molecule has 0 radical (unpaired) electrons. The van der Waals surface area contributed by atoms with Crippen LogP contribution >= 0.6 is 0 Å². The lowest BCUT2D eigenvalue weighted by Crippen LogP contribution is -2.49. The molecule has 3 aromatic rings. The van der Waals surface area contributed by atoms with Crippen molar-refractivity contribution >= 4 is 22.8 Å². The van der Waals surface area contributed by atoms with Crippen molar-refractivity contribution in [3.8, 4) is 0 Å². The Bertz CT molecular complexity index is 1120. The van der Waals surface area contributed by atoms with E-state index in [1.807, 2.05) is 44.7 Å². The summed E-state index contributed by atoms with van der Waals surface area (Å²) in [5.74, 6) is 0.526. The van der Waals surface area contributed by atoms with Gasteiger partial charge in [-0.3, -0.25) is 9.59 Å². The van der Waals surface area contributed by atoms with Gasteiger partial charge in [-0.25, -0.2) is 0 Å². The minimum absolute atomic E-state index is 0.172. The molecule has 0 aliphatic carbocycles. The van der Waals surface area contributed by atoms with E-state index in [1.54, 1.807) is 11.0 Å². The molecule has 0 unspecified atom stereocenters. The second-order valence-electron chi connectivity index (χ2n) is 7.92. The zero-order valence-corrected chi connectivity index (χ0v) is 17.2. The van der Waals surface area contributed by atoms with E-state index in [0.717, 1.165) is 22.0 Å². The van der Waals surface area contributed by atoms with Crippen LogP contribution in [0.4, 0.5) is 6.01 Å².